The van der Waals surface area contributed by atoms with Gasteiger partial charge in [-0.15, -0.1) is 0 Å². The summed E-state index contributed by atoms with van der Waals surface area (Å²) in [4.78, 5) is 11.9. The van der Waals surface area contributed by atoms with Gasteiger partial charge in [-0.1, -0.05) is 6.42 Å². The number of aromatic nitrogens is 2. The fraction of sp³-hybridized carbons (Fsp3) is 0.765. The Morgan fingerprint density at radius 3 is 2.67 bits per heavy atom. The Kier molecular flexibility index (Phi) is 6.58. The maximum Gasteiger partial charge on any atom is 0.0650 e. The van der Waals surface area contributed by atoms with E-state index in [2.05, 4.69) is 22.1 Å². The Balaban J connectivity index is 2.00. The van der Waals surface area contributed by atoms with Crippen molar-refractivity contribution in [3.63, 3.8) is 0 Å². The van der Waals surface area contributed by atoms with Gasteiger partial charge in [0.1, 0.15) is 0 Å². The number of rotatable bonds is 7. The average molecular weight is 290 g/mol. The van der Waals surface area contributed by atoms with Crippen molar-refractivity contribution >= 4 is 0 Å². The van der Waals surface area contributed by atoms with Crippen LogP contribution in [0.1, 0.15) is 55.1 Å². The van der Waals surface area contributed by atoms with E-state index in [1.54, 1.807) is 0 Å². The first-order valence-electron chi connectivity index (χ1n) is 8.38. The van der Waals surface area contributed by atoms with E-state index in [1.807, 2.05) is 20.2 Å². The zero-order valence-corrected chi connectivity index (χ0v) is 13.9. The van der Waals surface area contributed by atoms with Crippen LogP contribution < -0.4 is 5.32 Å². The van der Waals surface area contributed by atoms with Gasteiger partial charge >= 0.3 is 0 Å². The quantitative estimate of drug-likeness (QED) is 0.838. The first-order chi connectivity index (χ1) is 10.2. The minimum Gasteiger partial charge on any atom is -0.320 e. The van der Waals surface area contributed by atoms with E-state index in [1.165, 1.54) is 51.0 Å². The van der Waals surface area contributed by atoms with Gasteiger partial charge in [-0.3, -0.25) is 9.97 Å². The van der Waals surface area contributed by atoms with E-state index in [0.29, 0.717) is 5.92 Å². The molecule has 4 nitrogen and oxygen atoms in total. The van der Waals surface area contributed by atoms with Crippen molar-refractivity contribution < 1.29 is 0 Å². The van der Waals surface area contributed by atoms with Gasteiger partial charge in [-0.05, 0) is 72.8 Å². The molecule has 1 aromatic heterocycles. The standard InChI is InChI=1S/C17H30N4/c1-14-13-19-15(2)17(20-14)16(7-9-18-3)8-12-21-10-5-4-6-11-21/h13,16,18H,4-12H2,1-3H3/t16-/m1/s1. The minimum atomic E-state index is 0.520. The Morgan fingerprint density at radius 1 is 1.19 bits per heavy atom. The van der Waals surface area contributed by atoms with Crippen LogP contribution in [0.2, 0.25) is 0 Å². The summed E-state index contributed by atoms with van der Waals surface area (Å²) in [5, 5.41) is 3.28. The Morgan fingerprint density at radius 2 is 1.95 bits per heavy atom. The Bertz CT molecular complexity index is 427. The maximum absolute atomic E-state index is 4.78. The van der Waals surface area contributed by atoms with Gasteiger partial charge in [0.05, 0.1) is 17.1 Å². The van der Waals surface area contributed by atoms with Crippen molar-refractivity contribution in [1.29, 1.82) is 0 Å². The van der Waals surface area contributed by atoms with Crippen LogP contribution >= 0.6 is 0 Å². The highest BCUT2D eigenvalue weighted by molar-refractivity contribution is 5.17. The lowest BCUT2D eigenvalue weighted by atomic mass is 9.94. The second-order valence-corrected chi connectivity index (χ2v) is 6.26. The highest BCUT2D eigenvalue weighted by Crippen LogP contribution is 2.24. The molecule has 1 N–H and O–H groups in total. The fourth-order valence-corrected chi connectivity index (χ4v) is 3.20. The lowest BCUT2D eigenvalue weighted by Crippen LogP contribution is -2.31. The second kappa shape index (κ2) is 8.44. The number of piperidine rings is 1. The van der Waals surface area contributed by atoms with Crippen LogP contribution in [0.15, 0.2) is 6.20 Å². The summed E-state index contributed by atoms with van der Waals surface area (Å²) in [6.07, 6.45) is 8.35. The smallest absolute Gasteiger partial charge is 0.0650 e. The fourth-order valence-electron chi connectivity index (χ4n) is 3.20. The molecular weight excluding hydrogens is 260 g/mol. The summed E-state index contributed by atoms with van der Waals surface area (Å²) in [6.45, 7) is 8.92. The van der Waals surface area contributed by atoms with Crippen molar-refractivity contribution in [2.45, 2.75) is 51.9 Å². The molecule has 21 heavy (non-hydrogen) atoms. The van der Waals surface area contributed by atoms with Crippen LogP contribution in [0.4, 0.5) is 0 Å². The number of hydrogen-bond acceptors (Lipinski definition) is 4. The summed E-state index contributed by atoms with van der Waals surface area (Å²) < 4.78 is 0. The minimum absolute atomic E-state index is 0.520. The zero-order valence-electron chi connectivity index (χ0n) is 13.9. The van der Waals surface area contributed by atoms with E-state index >= 15 is 0 Å². The molecule has 2 rings (SSSR count). The van der Waals surface area contributed by atoms with Crippen LogP contribution in [0.3, 0.4) is 0 Å². The van der Waals surface area contributed by atoms with Crippen molar-refractivity contribution in [1.82, 2.24) is 20.2 Å². The van der Waals surface area contributed by atoms with Gasteiger partial charge in [-0.2, -0.15) is 0 Å². The van der Waals surface area contributed by atoms with Gasteiger partial charge in [0, 0.05) is 12.1 Å². The zero-order chi connectivity index (χ0) is 15.1. The topological polar surface area (TPSA) is 41.0 Å². The number of nitrogens with zero attached hydrogens (tertiary/aromatic N) is 3. The average Bonchev–Trinajstić information content (AvgIpc) is 2.51. The van der Waals surface area contributed by atoms with Gasteiger partial charge in [0.15, 0.2) is 0 Å². The van der Waals surface area contributed by atoms with E-state index in [-0.39, 0.29) is 0 Å². The number of hydrogen-bond donors (Lipinski definition) is 1. The van der Waals surface area contributed by atoms with Crippen molar-refractivity contribution in [2.75, 3.05) is 33.2 Å². The first-order valence-corrected chi connectivity index (χ1v) is 8.38. The third-order valence-corrected chi connectivity index (χ3v) is 4.48. The number of likely N-dealkylation sites (tertiary alicyclic amines) is 1. The van der Waals surface area contributed by atoms with Gasteiger partial charge in [-0.25, -0.2) is 0 Å². The van der Waals surface area contributed by atoms with Crippen LogP contribution in [-0.4, -0.2) is 48.1 Å². The highest BCUT2D eigenvalue weighted by Gasteiger charge is 2.18. The van der Waals surface area contributed by atoms with Crippen LogP contribution in [0.25, 0.3) is 0 Å². The predicted octanol–water partition coefficient (Wildman–Crippen LogP) is 2.66. The Labute approximate surface area is 129 Å². The normalized spacial score (nSPS) is 17.9. The summed E-state index contributed by atoms with van der Waals surface area (Å²) in [7, 11) is 2.02. The molecule has 1 aromatic rings. The third-order valence-electron chi connectivity index (χ3n) is 4.48. The van der Waals surface area contributed by atoms with Gasteiger partial charge in [0.2, 0.25) is 0 Å². The van der Waals surface area contributed by atoms with Crippen molar-refractivity contribution in [3.05, 3.63) is 23.3 Å². The van der Waals surface area contributed by atoms with Crippen molar-refractivity contribution in [3.8, 4) is 0 Å². The van der Waals surface area contributed by atoms with Crippen LogP contribution in [0, 0.1) is 13.8 Å². The molecule has 1 aliphatic heterocycles. The molecule has 4 heteroatoms. The molecule has 0 saturated carbocycles. The largest absolute Gasteiger partial charge is 0.320 e. The maximum atomic E-state index is 4.78. The molecule has 1 saturated heterocycles. The molecule has 0 amide bonds. The molecule has 0 aromatic carbocycles. The molecule has 2 heterocycles. The molecule has 118 valence electrons. The molecule has 0 bridgehead atoms. The molecule has 0 unspecified atom stereocenters. The number of nitrogens with one attached hydrogen (secondary N) is 1. The van der Waals surface area contributed by atoms with E-state index in [9.17, 15) is 0 Å². The summed E-state index contributed by atoms with van der Waals surface area (Å²) >= 11 is 0. The van der Waals surface area contributed by atoms with Crippen LogP contribution in [-0.2, 0) is 0 Å². The Hall–Kier alpha value is -1.00. The highest BCUT2D eigenvalue weighted by atomic mass is 15.1. The lowest BCUT2D eigenvalue weighted by Gasteiger charge is -2.28. The number of aryl methyl sites for hydroxylation is 2. The molecular formula is C17H30N4. The molecule has 1 atom stereocenters. The summed E-state index contributed by atoms with van der Waals surface area (Å²) in [6, 6.07) is 0. The SMILES string of the molecule is CNCC[C@H](CCN1CCCCC1)c1nc(C)cnc1C. The molecule has 1 aliphatic rings. The molecule has 1 fully saturated rings. The van der Waals surface area contributed by atoms with Crippen molar-refractivity contribution in [2.24, 2.45) is 0 Å². The van der Waals surface area contributed by atoms with Gasteiger partial charge < -0.3 is 10.2 Å². The van der Waals surface area contributed by atoms with Gasteiger partial charge in [0.25, 0.3) is 0 Å². The molecule has 0 aliphatic carbocycles. The first kappa shape index (κ1) is 16.4. The third kappa shape index (κ3) is 5.04. The summed E-state index contributed by atoms with van der Waals surface area (Å²) in [5.41, 5.74) is 3.34. The second-order valence-electron chi connectivity index (χ2n) is 6.26. The van der Waals surface area contributed by atoms with E-state index in [4.69, 9.17) is 4.98 Å². The van der Waals surface area contributed by atoms with Crippen LogP contribution in [0.5, 0.6) is 0 Å². The summed E-state index contributed by atoms with van der Waals surface area (Å²) in [5.74, 6) is 0.520. The predicted molar refractivity (Wildman–Crippen MR) is 87.7 cm³/mol. The lowest BCUT2D eigenvalue weighted by molar-refractivity contribution is 0.219. The monoisotopic (exact) mass is 290 g/mol. The molecule has 0 radical (unpaired) electrons. The van der Waals surface area contributed by atoms with E-state index in [0.717, 1.165) is 24.4 Å². The van der Waals surface area contributed by atoms with E-state index < -0.39 is 0 Å². The molecule has 0 spiro atoms.